The fraction of sp³-hybridized carbons (Fsp3) is 0.300. The van der Waals surface area contributed by atoms with Crippen molar-refractivity contribution < 1.29 is 19.1 Å². The summed E-state index contributed by atoms with van der Waals surface area (Å²) in [5.41, 5.74) is 7.50. The van der Waals surface area contributed by atoms with Gasteiger partial charge in [-0.15, -0.1) is 0 Å². The molecule has 0 saturated heterocycles. The van der Waals surface area contributed by atoms with Crippen LogP contribution in [-0.2, 0) is 11.3 Å². The van der Waals surface area contributed by atoms with Crippen LogP contribution in [0.1, 0.15) is 46.0 Å². The van der Waals surface area contributed by atoms with Crippen LogP contribution in [0.25, 0.3) is 0 Å². The highest BCUT2D eigenvalue weighted by molar-refractivity contribution is 6.04. The van der Waals surface area contributed by atoms with Gasteiger partial charge in [-0.25, -0.2) is 0 Å². The van der Waals surface area contributed by atoms with Crippen LogP contribution in [0.5, 0.6) is 5.75 Å². The molecule has 2 aromatic carbocycles. The minimum Gasteiger partial charge on any atom is -0.496 e. The summed E-state index contributed by atoms with van der Waals surface area (Å²) < 4.78 is 11.0. The predicted octanol–water partition coefficient (Wildman–Crippen LogP) is 3.36. The molecule has 0 heterocycles. The zero-order chi connectivity index (χ0) is 18.9. The Morgan fingerprint density at radius 3 is 2.38 bits per heavy atom. The second kappa shape index (κ2) is 9.58. The SMILES string of the molecule is CCCCOCc1cc(C(=O)Nc2ccc(C(N)=O)cc2)ccc1OC. The molecule has 6 nitrogen and oxygen atoms in total. The lowest BCUT2D eigenvalue weighted by molar-refractivity contribution is 0.0998. The maximum Gasteiger partial charge on any atom is 0.255 e. The van der Waals surface area contributed by atoms with E-state index in [9.17, 15) is 9.59 Å². The molecule has 138 valence electrons. The highest BCUT2D eigenvalue weighted by Crippen LogP contribution is 2.22. The number of rotatable bonds is 9. The molecule has 0 aliphatic rings. The van der Waals surface area contributed by atoms with Gasteiger partial charge in [0, 0.05) is 29.0 Å². The number of hydrogen-bond acceptors (Lipinski definition) is 4. The summed E-state index contributed by atoms with van der Waals surface area (Å²) in [5, 5.41) is 2.79. The molecule has 0 radical (unpaired) electrons. The number of nitrogens with two attached hydrogens (primary N) is 1. The van der Waals surface area contributed by atoms with Gasteiger partial charge in [0.25, 0.3) is 5.91 Å². The molecule has 0 spiro atoms. The Kier molecular flexibility index (Phi) is 7.17. The van der Waals surface area contributed by atoms with Crippen LogP contribution in [0.4, 0.5) is 5.69 Å². The Morgan fingerprint density at radius 1 is 1.08 bits per heavy atom. The van der Waals surface area contributed by atoms with Gasteiger partial charge >= 0.3 is 0 Å². The summed E-state index contributed by atoms with van der Waals surface area (Å²) in [6.07, 6.45) is 2.05. The molecule has 0 aromatic heterocycles. The highest BCUT2D eigenvalue weighted by atomic mass is 16.5. The van der Waals surface area contributed by atoms with E-state index in [1.54, 1.807) is 49.6 Å². The number of carbonyl (C=O) groups is 2. The smallest absolute Gasteiger partial charge is 0.255 e. The van der Waals surface area contributed by atoms with Gasteiger partial charge in [0.1, 0.15) is 5.75 Å². The summed E-state index contributed by atoms with van der Waals surface area (Å²) in [6, 6.07) is 11.6. The number of anilines is 1. The lowest BCUT2D eigenvalue weighted by Crippen LogP contribution is -2.14. The molecule has 26 heavy (non-hydrogen) atoms. The first kappa shape index (κ1) is 19.5. The summed E-state index contributed by atoms with van der Waals surface area (Å²) >= 11 is 0. The quantitative estimate of drug-likeness (QED) is 0.674. The fourth-order valence-electron chi connectivity index (χ4n) is 2.38. The Hall–Kier alpha value is -2.86. The van der Waals surface area contributed by atoms with Crippen molar-refractivity contribution in [3.63, 3.8) is 0 Å². The van der Waals surface area contributed by atoms with E-state index in [-0.39, 0.29) is 5.91 Å². The molecule has 0 bridgehead atoms. The van der Waals surface area contributed by atoms with Crippen LogP contribution in [0.3, 0.4) is 0 Å². The second-order valence-electron chi connectivity index (χ2n) is 5.83. The van der Waals surface area contributed by atoms with Crippen LogP contribution in [0.15, 0.2) is 42.5 Å². The first-order valence-corrected chi connectivity index (χ1v) is 8.51. The Balaban J connectivity index is 2.08. The summed E-state index contributed by atoms with van der Waals surface area (Å²) in [7, 11) is 1.59. The van der Waals surface area contributed by atoms with E-state index in [4.69, 9.17) is 15.2 Å². The lowest BCUT2D eigenvalue weighted by atomic mass is 10.1. The van der Waals surface area contributed by atoms with Crippen molar-refractivity contribution in [2.45, 2.75) is 26.4 Å². The van der Waals surface area contributed by atoms with Gasteiger partial charge in [0.15, 0.2) is 0 Å². The molecule has 3 N–H and O–H groups in total. The van der Waals surface area contributed by atoms with E-state index < -0.39 is 5.91 Å². The van der Waals surface area contributed by atoms with E-state index in [1.807, 2.05) is 0 Å². The van der Waals surface area contributed by atoms with Gasteiger partial charge in [-0.05, 0) is 48.9 Å². The standard InChI is InChI=1S/C20H24N2O4/c1-3-4-11-26-13-16-12-15(7-10-18(16)25-2)20(24)22-17-8-5-14(6-9-17)19(21)23/h5-10,12H,3-4,11,13H2,1-2H3,(H2,21,23)(H,22,24). The number of hydrogen-bond donors (Lipinski definition) is 2. The van der Waals surface area contributed by atoms with E-state index in [0.29, 0.717) is 35.8 Å². The van der Waals surface area contributed by atoms with Crippen LogP contribution >= 0.6 is 0 Å². The molecule has 2 amide bonds. The van der Waals surface area contributed by atoms with Crippen molar-refractivity contribution in [3.8, 4) is 5.75 Å². The van der Waals surface area contributed by atoms with Gasteiger partial charge < -0.3 is 20.5 Å². The molecule has 2 aromatic rings. The first-order valence-electron chi connectivity index (χ1n) is 8.51. The molecule has 0 atom stereocenters. The summed E-state index contributed by atoms with van der Waals surface area (Å²) in [6.45, 7) is 3.16. The summed E-state index contributed by atoms with van der Waals surface area (Å²) in [5.74, 6) is -0.0797. The first-order chi connectivity index (χ1) is 12.5. The van der Waals surface area contributed by atoms with Gasteiger partial charge in [-0.1, -0.05) is 13.3 Å². The van der Waals surface area contributed by atoms with Gasteiger partial charge in [0.05, 0.1) is 13.7 Å². The van der Waals surface area contributed by atoms with E-state index in [0.717, 1.165) is 18.4 Å². The molecule has 0 fully saturated rings. The maximum atomic E-state index is 12.5. The Bertz CT molecular complexity index is 757. The average molecular weight is 356 g/mol. The number of ether oxygens (including phenoxy) is 2. The number of primary amides is 1. The number of nitrogens with one attached hydrogen (secondary N) is 1. The minimum absolute atomic E-state index is 0.255. The number of benzene rings is 2. The van der Waals surface area contributed by atoms with Crippen molar-refractivity contribution in [2.75, 3.05) is 19.0 Å². The predicted molar refractivity (Wildman–Crippen MR) is 100 cm³/mol. The number of carbonyl (C=O) groups excluding carboxylic acids is 2. The van der Waals surface area contributed by atoms with Gasteiger partial charge in [-0.3, -0.25) is 9.59 Å². The number of unbranched alkanes of at least 4 members (excludes halogenated alkanes) is 1. The van der Waals surface area contributed by atoms with Crippen molar-refractivity contribution in [2.24, 2.45) is 5.73 Å². The largest absolute Gasteiger partial charge is 0.496 e. The molecule has 6 heteroatoms. The third-order valence-corrected chi connectivity index (χ3v) is 3.87. The van der Waals surface area contributed by atoms with E-state index in [1.165, 1.54) is 0 Å². The molecular formula is C20H24N2O4. The average Bonchev–Trinajstić information content (AvgIpc) is 2.65. The lowest BCUT2D eigenvalue weighted by Gasteiger charge is -2.12. The van der Waals surface area contributed by atoms with Gasteiger partial charge in [0.2, 0.25) is 5.91 Å². The van der Waals surface area contributed by atoms with Gasteiger partial charge in [-0.2, -0.15) is 0 Å². The van der Waals surface area contributed by atoms with Crippen molar-refractivity contribution in [1.29, 1.82) is 0 Å². The third-order valence-electron chi connectivity index (χ3n) is 3.87. The number of methoxy groups -OCH3 is 1. The molecule has 0 aliphatic heterocycles. The van der Waals surface area contributed by atoms with Crippen LogP contribution in [0, 0.1) is 0 Å². The fourth-order valence-corrected chi connectivity index (χ4v) is 2.38. The maximum absolute atomic E-state index is 12.5. The zero-order valence-electron chi connectivity index (χ0n) is 15.1. The Morgan fingerprint density at radius 2 is 1.77 bits per heavy atom. The Labute approximate surface area is 153 Å². The molecule has 0 saturated carbocycles. The zero-order valence-corrected chi connectivity index (χ0v) is 15.1. The molecular weight excluding hydrogens is 332 g/mol. The van der Waals surface area contributed by atoms with Crippen LogP contribution < -0.4 is 15.8 Å². The van der Waals surface area contributed by atoms with Crippen molar-refractivity contribution >= 4 is 17.5 Å². The van der Waals surface area contributed by atoms with Crippen molar-refractivity contribution in [1.82, 2.24) is 0 Å². The second-order valence-corrected chi connectivity index (χ2v) is 5.83. The topological polar surface area (TPSA) is 90.6 Å². The van der Waals surface area contributed by atoms with Crippen LogP contribution in [-0.4, -0.2) is 25.5 Å². The normalized spacial score (nSPS) is 10.4. The molecule has 2 rings (SSSR count). The highest BCUT2D eigenvalue weighted by Gasteiger charge is 2.11. The van der Waals surface area contributed by atoms with Crippen molar-refractivity contribution in [3.05, 3.63) is 59.2 Å². The minimum atomic E-state index is -0.509. The monoisotopic (exact) mass is 356 g/mol. The molecule has 0 aliphatic carbocycles. The van der Waals surface area contributed by atoms with Crippen LogP contribution in [0.2, 0.25) is 0 Å². The van der Waals surface area contributed by atoms with E-state index in [2.05, 4.69) is 12.2 Å². The molecule has 0 unspecified atom stereocenters. The number of amides is 2. The summed E-state index contributed by atoms with van der Waals surface area (Å²) in [4.78, 5) is 23.6. The third kappa shape index (κ3) is 5.32. The van der Waals surface area contributed by atoms with E-state index >= 15 is 0 Å².